The van der Waals surface area contributed by atoms with Gasteiger partial charge in [-0.25, -0.2) is 12.7 Å². The molecular formula is C25H33Cl2N3O4S. The summed E-state index contributed by atoms with van der Waals surface area (Å²) in [5.41, 5.74) is 0.552. The fourth-order valence-corrected chi connectivity index (χ4v) is 5.14. The smallest absolute Gasteiger partial charge is 0.242 e. The molecule has 2 amide bonds. The summed E-state index contributed by atoms with van der Waals surface area (Å²) in [7, 11) is -2.17. The van der Waals surface area contributed by atoms with Gasteiger partial charge in [-0.15, -0.1) is 0 Å². The number of hydrogen-bond acceptors (Lipinski definition) is 4. The highest BCUT2D eigenvalue weighted by Gasteiger charge is 2.28. The predicted molar refractivity (Wildman–Crippen MR) is 140 cm³/mol. The van der Waals surface area contributed by atoms with Crippen molar-refractivity contribution >= 4 is 45.0 Å². The van der Waals surface area contributed by atoms with Crippen LogP contribution < -0.4 is 5.32 Å². The molecular weight excluding hydrogens is 509 g/mol. The van der Waals surface area contributed by atoms with E-state index in [1.165, 1.54) is 28.4 Å². The van der Waals surface area contributed by atoms with Crippen molar-refractivity contribution in [1.82, 2.24) is 14.5 Å². The highest BCUT2D eigenvalue weighted by atomic mass is 35.5. The maximum atomic E-state index is 13.3. The molecule has 10 heteroatoms. The van der Waals surface area contributed by atoms with Crippen LogP contribution in [0.1, 0.15) is 45.6 Å². The first-order valence-corrected chi connectivity index (χ1v) is 13.7. The topological polar surface area (TPSA) is 86.8 Å². The van der Waals surface area contributed by atoms with Crippen molar-refractivity contribution in [3.8, 4) is 0 Å². The van der Waals surface area contributed by atoms with Crippen molar-refractivity contribution in [2.45, 2.75) is 63.6 Å². The fourth-order valence-electron chi connectivity index (χ4n) is 3.39. The van der Waals surface area contributed by atoms with E-state index < -0.39 is 16.1 Å². The number of carbonyl (C=O) groups excluding carboxylic acids is 2. The molecule has 0 aliphatic heterocycles. The highest BCUT2D eigenvalue weighted by molar-refractivity contribution is 7.89. The minimum atomic E-state index is -3.65. The zero-order valence-corrected chi connectivity index (χ0v) is 22.8. The van der Waals surface area contributed by atoms with Crippen LogP contribution in [0.25, 0.3) is 0 Å². The van der Waals surface area contributed by atoms with Gasteiger partial charge in [0.2, 0.25) is 21.8 Å². The summed E-state index contributed by atoms with van der Waals surface area (Å²) in [5, 5.41) is 3.71. The Hall–Kier alpha value is -2.13. The molecule has 2 rings (SSSR count). The molecule has 0 aliphatic carbocycles. The zero-order chi connectivity index (χ0) is 26.2. The molecule has 0 spiro atoms. The molecule has 0 saturated carbocycles. The first kappa shape index (κ1) is 29.1. The maximum absolute atomic E-state index is 13.3. The second-order valence-corrected chi connectivity index (χ2v) is 11.3. The Morgan fingerprint density at radius 1 is 1.00 bits per heavy atom. The van der Waals surface area contributed by atoms with Gasteiger partial charge in [0.1, 0.15) is 6.04 Å². The summed E-state index contributed by atoms with van der Waals surface area (Å²) in [6, 6.07) is 12.4. The van der Waals surface area contributed by atoms with Crippen molar-refractivity contribution < 1.29 is 18.0 Å². The molecule has 0 aliphatic rings. The summed E-state index contributed by atoms with van der Waals surface area (Å²) in [5.74, 6) is -0.571. The molecule has 0 fully saturated rings. The Morgan fingerprint density at radius 2 is 1.60 bits per heavy atom. The number of carbonyl (C=O) groups is 2. The molecule has 0 radical (unpaired) electrons. The van der Waals surface area contributed by atoms with Crippen molar-refractivity contribution in [2.24, 2.45) is 0 Å². The summed E-state index contributed by atoms with van der Waals surface area (Å²) < 4.78 is 26.7. The largest absolute Gasteiger partial charge is 0.352 e. The molecule has 2 unspecified atom stereocenters. The normalized spacial score (nSPS) is 13.3. The van der Waals surface area contributed by atoms with Crippen LogP contribution in [0.15, 0.2) is 53.4 Å². The molecule has 2 aromatic carbocycles. The summed E-state index contributed by atoms with van der Waals surface area (Å²) in [4.78, 5) is 27.7. The lowest BCUT2D eigenvalue weighted by molar-refractivity contribution is -0.141. The molecule has 0 saturated heterocycles. The number of nitrogens with one attached hydrogen (secondary N) is 1. The molecule has 7 nitrogen and oxygen atoms in total. The van der Waals surface area contributed by atoms with Gasteiger partial charge >= 0.3 is 0 Å². The molecule has 0 aromatic heterocycles. The monoisotopic (exact) mass is 541 g/mol. The van der Waals surface area contributed by atoms with E-state index in [4.69, 9.17) is 23.2 Å². The standard InChI is InChI=1S/C25H33Cl2N3O4S/c1-5-18(2)28-25(32)19(3)30(17-21-22(26)13-9-14-23(21)27)24(31)15-10-16-29(4)35(33,34)20-11-7-6-8-12-20/h6-9,11-14,18-19H,5,10,15-17H2,1-4H3,(H,28,32). The Kier molecular flexibility index (Phi) is 11.0. The van der Waals surface area contributed by atoms with E-state index in [1.54, 1.807) is 43.3 Å². The number of amides is 2. The quantitative estimate of drug-likeness (QED) is 0.420. The van der Waals surface area contributed by atoms with Crippen LogP contribution in [0, 0.1) is 0 Å². The molecule has 0 heterocycles. The second kappa shape index (κ2) is 13.3. The van der Waals surface area contributed by atoms with E-state index in [9.17, 15) is 18.0 Å². The average Bonchev–Trinajstić information content (AvgIpc) is 2.83. The Morgan fingerprint density at radius 3 is 2.17 bits per heavy atom. The molecule has 35 heavy (non-hydrogen) atoms. The highest BCUT2D eigenvalue weighted by Crippen LogP contribution is 2.27. The average molecular weight is 543 g/mol. The van der Waals surface area contributed by atoms with Crippen LogP contribution in [-0.2, 0) is 26.2 Å². The van der Waals surface area contributed by atoms with Crippen LogP contribution >= 0.6 is 23.2 Å². The number of rotatable bonds is 12. The first-order chi connectivity index (χ1) is 16.5. The van der Waals surface area contributed by atoms with Gasteiger partial charge in [0.25, 0.3) is 0 Å². The Balaban J connectivity index is 2.14. The predicted octanol–water partition coefficient (Wildman–Crippen LogP) is 4.73. The van der Waals surface area contributed by atoms with Gasteiger partial charge in [-0.2, -0.15) is 0 Å². The molecule has 2 atom stereocenters. The number of nitrogens with zero attached hydrogens (tertiary/aromatic N) is 2. The van der Waals surface area contributed by atoms with Gasteiger partial charge in [0, 0.05) is 48.2 Å². The lowest BCUT2D eigenvalue weighted by atomic mass is 10.1. The van der Waals surface area contributed by atoms with Crippen LogP contribution in [-0.4, -0.2) is 55.1 Å². The summed E-state index contributed by atoms with van der Waals surface area (Å²) >= 11 is 12.7. The van der Waals surface area contributed by atoms with Crippen molar-refractivity contribution in [3.63, 3.8) is 0 Å². The zero-order valence-electron chi connectivity index (χ0n) is 20.5. The lowest BCUT2D eigenvalue weighted by Crippen LogP contribution is -2.49. The van der Waals surface area contributed by atoms with Crippen LogP contribution in [0.2, 0.25) is 10.0 Å². The summed E-state index contributed by atoms with van der Waals surface area (Å²) in [6.07, 6.45) is 1.09. The van der Waals surface area contributed by atoms with E-state index in [2.05, 4.69) is 5.32 Å². The van der Waals surface area contributed by atoms with Crippen LogP contribution in [0.5, 0.6) is 0 Å². The van der Waals surface area contributed by atoms with Gasteiger partial charge in [-0.1, -0.05) is 54.4 Å². The van der Waals surface area contributed by atoms with Crippen LogP contribution in [0.3, 0.4) is 0 Å². The van der Waals surface area contributed by atoms with Gasteiger partial charge in [-0.3, -0.25) is 9.59 Å². The Labute approximate surface area is 218 Å². The summed E-state index contributed by atoms with van der Waals surface area (Å²) in [6.45, 7) is 5.72. The molecule has 2 aromatic rings. The van der Waals surface area contributed by atoms with E-state index in [0.29, 0.717) is 15.6 Å². The van der Waals surface area contributed by atoms with E-state index in [-0.39, 0.29) is 48.7 Å². The Bertz CT molecular complexity index is 1090. The number of sulfonamides is 1. The minimum Gasteiger partial charge on any atom is -0.352 e. The third-order valence-electron chi connectivity index (χ3n) is 5.87. The van der Waals surface area contributed by atoms with Crippen molar-refractivity contribution in [3.05, 3.63) is 64.1 Å². The van der Waals surface area contributed by atoms with Gasteiger partial charge in [0.05, 0.1) is 4.90 Å². The van der Waals surface area contributed by atoms with Gasteiger partial charge in [-0.05, 0) is 51.0 Å². The first-order valence-electron chi connectivity index (χ1n) is 11.5. The third-order valence-corrected chi connectivity index (χ3v) is 8.45. The number of halogens is 2. The number of hydrogen-bond donors (Lipinski definition) is 1. The van der Waals surface area contributed by atoms with Gasteiger partial charge in [0.15, 0.2) is 0 Å². The second-order valence-electron chi connectivity index (χ2n) is 8.46. The van der Waals surface area contributed by atoms with Crippen molar-refractivity contribution in [1.29, 1.82) is 0 Å². The SMILES string of the molecule is CCC(C)NC(=O)C(C)N(Cc1c(Cl)cccc1Cl)C(=O)CCCN(C)S(=O)(=O)c1ccccc1. The molecule has 0 bridgehead atoms. The van der Waals surface area contributed by atoms with Crippen LogP contribution in [0.4, 0.5) is 0 Å². The van der Waals surface area contributed by atoms with Crippen molar-refractivity contribution in [2.75, 3.05) is 13.6 Å². The van der Waals surface area contributed by atoms with E-state index in [1.807, 2.05) is 13.8 Å². The van der Waals surface area contributed by atoms with E-state index >= 15 is 0 Å². The van der Waals surface area contributed by atoms with E-state index in [0.717, 1.165) is 6.42 Å². The number of benzene rings is 2. The molecule has 1 N–H and O–H groups in total. The maximum Gasteiger partial charge on any atom is 0.242 e. The van der Waals surface area contributed by atoms with Gasteiger partial charge < -0.3 is 10.2 Å². The fraction of sp³-hybridized carbons (Fsp3) is 0.440. The minimum absolute atomic E-state index is 0.0392. The third kappa shape index (κ3) is 7.93. The lowest BCUT2D eigenvalue weighted by Gasteiger charge is -2.30. The molecule has 192 valence electrons.